The summed E-state index contributed by atoms with van der Waals surface area (Å²) in [6.45, 7) is 6.60. The molecule has 0 atom stereocenters. The maximum Gasteiger partial charge on any atom is 0.281 e. The van der Waals surface area contributed by atoms with Crippen molar-refractivity contribution in [3.05, 3.63) is 59.9 Å². The smallest absolute Gasteiger partial charge is 0.281 e. The predicted molar refractivity (Wildman–Crippen MR) is 134 cm³/mol. The van der Waals surface area contributed by atoms with Crippen LogP contribution in [0.25, 0.3) is 11.3 Å². The normalized spacial score (nSPS) is 11.4. The molecule has 3 aromatic rings. The molecule has 36 heavy (non-hydrogen) atoms. The van der Waals surface area contributed by atoms with Gasteiger partial charge in [0.1, 0.15) is 22.9 Å². The number of aromatic nitrogens is 2. The highest BCUT2D eigenvalue weighted by molar-refractivity contribution is 7.90. The molecule has 2 aromatic heterocycles. The molecule has 1 amide bonds. The number of carbonyl (C=O) groups is 1. The lowest BCUT2D eigenvalue weighted by Gasteiger charge is -2.14. The van der Waals surface area contributed by atoms with Crippen LogP contribution in [0.3, 0.4) is 0 Å². The number of halogens is 1. The molecule has 0 aliphatic heterocycles. The summed E-state index contributed by atoms with van der Waals surface area (Å²) in [5.41, 5.74) is 6.20. The Morgan fingerprint density at radius 3 is 2.58 bits per heavy atom. The van der Waals surface area contributed by atoms with Gasteiger partial charge in [0, 0.05) is 11.6 Å². The Kier molecular flexibility index (Phi) is 8.81. The van der Waals surface area contributed by atoms with E-state index < -0.39 is 26.8 Å². The minimum atomic E-state index is -4.30. The lowest BCUT2D eigenvalue weighted by Crippen LogP contribution is -2.31. The van der Waals surface area contributed by atoms with Crippen LogP contribution in [0, 0.1) is 11.7 Å². The highest BCUT2D eigenvalue weighted by Gasteiger charge is 2.24. The van der Waals surface area contributed by atoms with E-state index in [-0.39, 0.29) is 29.8 Å². The van der Waals surface area contributed by atoms with Gasteiger partial charge >= 0.3 is 0 Å². The number of nitrogen functional groups attached to an aromatic ring is 1. The van der Waals surface area contributed by atoms with Crippen LogP contribution >= 0.6 is 0 Å². The fourth-order valence-electron chi connectivity index (χ4n) is 3.06. The first kappa shape index (κ1) is 26.9. The van der Waals surface area contributed by atoms with Gasteiger partial charge in [-0.3, -0.25) is 4.79 Å². The number of benzene rings is 1. The molecule has 0 aliphatic carbocycles. The minimum absolute atomic E-state index is 0.00762. The third kappa shape index (κ3) is 7.14. The van der Waals surface area contributed by atoms with E-state index in [9.17, 15) is 17.6 Å². The van der Waals surface area contributed by atoms with Crippen molar-refractivity contribution in [2.75, 3.05) is 18.9 Å². The van der Waals surface area contributed by atoms with Crippen molar-refractivity contribution < 1.29 is 27.1 Å². The number of carbonyl (C=O) groups excluding carboxylic acids is 1. The molecule has 0 aliphatic rings. The van der Waals surface area contributed by atoms with E-state index in [0.717, 1.165) is 6.42 Å². The summed E-state index contributed by atoms with van der Waals surface area (Å²) in [5.74, 6) is -0.953. The van der Waals surface area contributed by atoms with Crippen LogP contribution in [0.15, 0.2) is 53.6 Å². The Balaban J connectivity index is 1.94. The summed E-state index contributed by atoms with van der Waals surface area (Å²) in [5, 5.41) is -0.400. The summed E-state index contributed by atoms with van der Waals surface area (Å²) >= 11 is 0. The van der Waals surface area contributed by atoms with Gasteiger partial charge in [-0.1, -0.05) is 33.3 Å². The minimum Gasteiger partial charge on any atom is -0.493 e. The molecule has 0 saturated carbocycles. The summed E-state index contributed by atoms with van der Waals surface area (Å²) in [6, 6.07) is 11.1. The highest BCUT2D eigenvalue weighted by atomic mass is 32.2. The zero-order valence-electron chi connectivity index (χ0n) is 20.3. The topological polar surface area (TPSA) is 134 Å². The molecule has 3 N–H and O–H groups in total. The largest absolute Gasteiger partial charge is 0.493 e. The van der Waals surface area contributed by atoms with E-state index in [1.165, 1.54) is 42.5 Å². The van der Waals surface area contributed by atoms with E-state index in [4.69, 9.17) is 15.2 Å². The first-order chi connectivity index (χ1) is 17.1. The highest BCUT2D eigenvalue weighted by Crippen LogP contribution is 2.28. The van der Waals surface area contributed by atoms with Crippen molar-refractivity contribution in [1.29, 1.82) is 0 Å². The van der Waals surface area contributed by atoms with Gasteiger partial charge in [-0.25, -0.2) is 19.1 Å². The third-order valence-corrected chi connectivity index (χ3v) is 6.07. The molecule has 0 unspecified atom stereocenters. The molecule has 9 nitrogen and oxygen atoms in total. The molecule has 0 spiro atoms. The number of anilines is 1. The number of pyridine rings is 2. The number of nitrogens with zero attached hydrogens (tertiary/aromatic N) is 2. The fraction of sp³-hybridized carbons (Fsp3) is 0.320. The van der Waals surface area contributed by atoms with Crippen molar-refractivity contribution in [2.24, 2.45) is 5.92 Å². The van der Waals surface area contributed by atoms with Gasteiger partial charge in [-0.2, -0.15) is 8.42 Å². The number of ether oxygens (including phenoxy) is 2. The van der Waals surface area contributed by atoms with Gasteiger partial charge in [0.15, 0.2) is 5.03 Å². The van der Waals surface area contributed by atoms with Gasteiger partial charge < -0.3 is 15.2 Å². The standard InChI is InChI=1S/C25H29FN4O5S/c1-4-5-11-34-25-20(24(31)30-36(32,33)23-8-6-7-22(27)29-23)9-10-21(28-25)17-12-18(26)14-19(13-17)35-15-16(2)3/h6-10,12-14,16H,4-5,11,15H2,1-3H3,(H2,27,29)(H,30,31). The van der Waals surface area contributed by atoms with Crippen LogP contribution in [0.4, 0.5) is 10.2 Å². The molecule has 1 aromatic carbocycles. The summed E-state index contributed by atoms with van der Waals surface area (Å²) in [4.78, 5) is 21.1. The van der Waals surface area contributed by atoms with Crippen LogP contribution < -0.4 is 19.9 Å². The number of rotatable bonds is 11. The predicted octanol–water partition coefficient (Wildman–Crippen LogP) is 4.20. The summed E-state index contributed by atoms with van der Waals surface area (Å²) < 4.78 is 52.9. The first-order valence-corrected chi connectivity index (χ1v) is 12.9. The molecule has 3 rings (SSSR count). The van der Waals surface area contributed by atoms with E-state index in [1.54, 1.807) is 6.07 Å². The number of amides is 1. The van der Waals surface area contributed by atoms with Crippen molar-refractivity contribution in [3.8, 4) is 22.9 Å². The van der Waals surface area contributed by atoms with Gasteiger partial charge in [0.2, 0.25) is 5.88 Å². The van der Waals surface area contributed by atoms with Crippen LogP contribution in [0.1, 0.15) is 44.0 Å². The van der Waals surface area contributed by atoms with Crippen molar-refractivity contribution in [2.45, 2.75) is 38.6 Å². The van der Waals surface area contributed by atoms with Gasteiger partial charge in [-0.05, 0) is 48.7 Å². The number of nitrogens with two attached hydrogens (primary N) is 1. The Bertz CT molecular complexity index is 1330. The van der Waals surface area contributed by atoms with Crippen molar-refractivity contribution in [3.63, 3.8) is 0 Å². The Morgan fingerprint density at radius 2 is 1.89 bits per heavy atom. The Labute approximate surface area is 209 Å². The second kappa shape index (κ2) is 11.8. The molecule has 2 heterocycles. The quantitative estimate of drug-likeness (QED) is 0.362. The van der Waals surface area contributed by atoms with E-state index in [2.05, 4.69) is 9.97 Å². The van der Waals surface area contributed by atoms with E-state index in [0.29, 0.717) is 30.0 Å². The summed E-state index contributed by atoms with van der Waals surface area (Å²) in [6.07, 6.45) is 1.52. The second-order valence-corrected chi connectivity index (χ2v) is 10.1. The number of hydrogen-bond acceptors (Lipinski definition) is 8. The van der Waals surface area contributed by atoms with E-state index in [1.807, 2.05) is 25.5 Å². The van der Waals surface area contributed by atoms with Crippen molar-refractivity contribution >= 4 is 21.7 Å². The SMILES string of the molecule is CCCCOc1nc(-c2cc(F)cc(OCC(C)C)c2)ccc1C(=O)NS(=O)(=O)c1cccc(N)n1. The van der Waals surface area contributed by atoms with Crippen LogP contribution in [0.2, 0.25) is 0 Å². The number of hydrogen-bond donors (Lipinski definition) is 2. The van der Waals surface area contributed by atoms with Crippen LogP contribution in [-0.4, -0.2) is 37.5 Å². The number of sulfonamides is 1. The van der Waals surface area contributed by atoms with Crippen LogP contribution in [0.5, 0.6) is 11.6 Å². The Hall–Kier alpha value is -3.73. The van der Waals surface area contributed by atoms with Gasteiger partial charge in [-0.15, -0.1) is 0 Å². The van der Waals surface area contributed by atoms with E-state index >= 15 is 0 Å². The third-order valence-electron chi connectivity index (χ3n) is 4.84. The molecule has 0 fully saturated rings. The number of unbranched alkanes of at least 4 members (excludes halogenated alkanes) is 1. The zero-order valence-corrected chi connectivity index (χ0v) is 21.1. The fourth-order valence-corrected chi connectivity index (χ4v) is 4.01. The summed E-state index contributed by atoms with van der Waals surface area (Å²) in [7, 11) is -4.30. The van der Waals surface area contributed by atoms with Crippen molar-refractivity contribution in [1.82, 2.24) is 14.7 Å². The molecule has 0 radical (unpaired) electrons. The van der Waals surface area contributed by atoms with Gasteiger partial charge in [0.25, 0.3) is 15.9 Å². The molecule has 192 valence electrons. The Morgan fingerprint density at radius 1 is 1.11 bits per heavy atom. The average Bonchev–Trinajstić information content (AvgIpc) is 2.82. The monoisotopic (exact) mass is 516 g/mol. The maximum atomic E-state index is 14.3. The lowest BCUT2D eigenvalue weighted by atomic mass is 10.1. The lowest BCUT2D eigenvalue weighted by molar-refractivity contribution is 0.0976. The molecule has 0 saturated heterocycles. The molecule has 11 heteroatoms. The second-order valence-electron chi connectivity index (χ2n) is 8.47. The average molecular weight is 517 g/mol. The molecule has 0 bridgehead atoms. The first-order valence-electron chi connectivity index (χ1n) is 11.5. The molecular formula is C25H29FN4O5S. The maximum absolute atomic E-state index is 14.3. The number of nitrogens with one attached hydrogen (secondary N) is 1. The molecular weight excluding hydrogens is 487 g/mol. The van der Waals surface area contributed by atoms with Gasteiger partial charge in [0.05, 0.1) is 18.9 Å². The zero-order chi connectivity index (χ0) is 26.3. The van der Waals surface area contributed by atoms with Crippen LogP contribution in [-0.2, 0) is 10.0 Å².